The predicted octanol–water partition coefficient (Wildman–Crippen LogP) is 4.28. The highest BCUT2D eigenvalue weighted by molar-refractivity contribution is 7.92. The number of piperazine rings is 1. The Bertz CT molecular complexity index is 1340. The van der Waals surface area contributed by atoms with Crippen molar-refractivity contribution in [2.45, 2.75) is 18.7 Å². The van der Waals surface area contributed by atoms with Crippen LogP contribution in [-0.4, -0.2) is 69.5 Å². The van der Waals surface area contributed by atoms with Crippen LogP contribution >= 0.6 is 0 Å². The molecule has 1 heterocycles. The van der Waals surface area contributed by atoms with E-state index in [1.165, 1.54) is 12.1 Å². The van der Waals surface area contributed by atoms with Crippen LogP contribution in [0.2, 0.25) is 0 Å². The molecule has 1 saturated heterocycles. The second kappa shape index (κ2) is 12.0. The fraction of sp³-hybridized carbons (Fsp3) is 0.286. The van der Waals surface area contributed by atoms with E-state index in [0.29, 0.717) is 43.4 Å². The highest BCUT2D eigenvalue weighted by Crippen LogP contribution is 2.28. The normalized spacial score (nSPS) is 13.6. The van der Waals surface area contributed by atoms with Crippen molar-refractivity contribution in [3.8, 4) is 11.5 Å². The summed E-state index contributed by atoms with van der Waals surface area (Å²) in [5.74, 6) is 0.837. The molecule has 1 aliphatic heterocycles. The molecule has 1 aliphatic rings. The van der Waals surface area contributed by atoms with Crippen LogP contribution < -0.4 is 9.04 Å². The van der Waals surface area contributed by atoms with Crippen LogP contribution in [0.3, 0.4) is 0 Å². The van der Waals surface area contributed by atoms with Gasteiger partial charge in [-0.05, 0) is 62.4 Å². The molecule has 38 heavy (non-hydrogen) atoms. The average molecular weight is 538 g/mol. The minimum atomic E-state index is -4.05. The molecule has 0 N–H and O–H groups in total. The Kier molecular flexibility index (Phi) is 8.52. The highest BCUT2D eigenvalue weighted by Gasteiger charge is 2.31. The number of hydrogen-bond acceptors (Lipinski definition) is 6. The summed E-state index contributed by atoms with van der Waals surface area (Å²) in [6.07, 6.45) is -0.416. The van der Waals surface area contributed by atoms with Crippen LogP contribution in [0.4, 0.5) is 10.5 Å². The van der Waals surface area contributed by atoms with Gasteiger partial charge in [-0.2, -0.15) is 0 Å². The molecule has 0 aliphatic carbocycles. The standard InChI is InChI=1S/C28H31N3O6S/c1-3-36-28(33)30-19-17-29(18-20-30)27(32)21-31(38(34,35)26-15-9-22(2)10-16-26)23-11-13-25(14-12-23)37-24-7-5-4-6-8-24/h4-16H,3,17-21H2,1-2H3. The van der Waals surface area contributed by atoms with E-state index in [9.17, 15) is 18.0 Å². The molecule has 10 heteroatoms. The molecule has 3 aromatic rings. The van der Waals surface area contributed by atoms with Crippen molar-refractivity contribution in [1.29, 1.82) is 0 Å². The molecule has 0 bridgehead atoms. The summed E-state index contributed by atoms with van der Waals surface area (Å²) in [7, 11) is -4.05. The first-order valence-corrected chi connectivity index (χ1v) is 13.8. The Labute approximate surface area is 223 Å². The molecular formula is C28H31N3O6S. The molecule has 3 aromatic carbocycles. The maximum absolute atomic E-state index is 13.7. The van der Waals surface area contributed by atoms with Crippen molar-refractivity contribution < 1.29 is 27.5 Å². The Balaban J connectivity index is 1.55. The molecule has 2 amide bonds. The summed E-state index contributed by atoms with van der Waals surface area (Å²) in [6.45, 7) is 4.73. The van der Waals surface area contributed by atoms with Crippen LogP contribution in [0.5, 0.6) is 11.5 Å². The number of nitrogens with zero attached hydrogens (tertiary/aromatic N) is 3. The maximum Gasteiger partial charge on any atom is 0.409 e. The minimum absolute atomic E-state index is 0.0904. The quantitative estimate of drug-likeness (QED) is 0.426. The number of sulfonamides is 1. The third-order valence-electron chi connectivity index (χ3n) is 6.15. The third-order valence-corrected chi connectivity index (χ3v) is 7.94. The van der Waals surface area contributed by atoms with Crippen LogP contribution in [0.25, 0.3) is 0 Å². The summed E-state index contributed by atoms with van der Waals surface area (Å²) in [5, 5.41) is 0. The molecule has 0 saturated carbocycles. The summed E-state index contributed by atoms with van der Waals surface area (Å²) >= 11 is 0. The lowest BCUT2D eigenvalue weighted by Gasteiger charge is -2.35. The zero-order chi connectivity index (χ0) is 27.1. The fourth-order valence-electron chi connectivity index (χ4n) is 4.03. The van der Waals surface area contributed by atoms with Gasteiger partial charge in [0.2, 0.25) is 5.91 Å². The van der Waals surface area contributed by atoms with Gasteiger partial charge in [-0.15, -0.1) is 0 Å². The van der Waals surface area contributed by atoms with Gasteiger partial charge in [0.05, 0.1) is 17.2 Å². The predicted molar refractivity (Wildman–Crippen MR) is 144 cm³/mol. The molecule has 1 fully saturated rings. The van der Waals surface area contributed by atoms with Gasteiger partial charge in [0.1, 0.15) is 18.0 Å². The summed E-state index contributed by atoms with van der Waals surface area (Å²) < 4.78 is 39.4. The molecule has 0 aromatic heterocycles. The van der Waals surface area contributed by atoms with E-state index in [1.807, 2.05) is 37.3 Å². The van der Waals surface area contributed by atoms with E-state index in [0.717, 1.165) is 9.87 Å². The topological polar surface area (TPSA) is 96.5 Å². The summed E-state index contributed by atoms with van der Waals surface area (Å²) in [4.78, 5) is 28.5. The Morgan fingerprint density at radius 3 is 2.00 bits per heavy atom. The number of amides is 2. The second-order valence-corrected chi connectivity index (χ2v) is 10.7. The van der Waals surface area contributed by atoms with Crippen LogP contribution in [0.1, 0.15) is 12.5 Å². The zero-order valence-electron chi connectivity index (χ0n) is 21.4. The maximum atomic E-state index is 13.7. The first kappa shape index (κ1) is 27.0. The Hall–Kier alpha value is -4.05. The van der Waals surface area contributed by atoms with Gasteiger partial charge >= 0.3 is 6.09 Å². The van der Waals surface area contributed by atoms with Crippen molar-refractivity contribution in [3.05, 3.63) is 84.4 Å². The van der Waals surface area contributed by atoms with Gasteiger partial charge in [-0.1, -0.05) is 35.9 Å². The van der Waals surface area contributed by atoms with Gasteiger partial charge in [-0.25, -0.2) is 13.2 Å². The second-order valence-electron chi connectivity index (χ2n) is 8.80. The van der Waals surface area contributed by atoms with Gasteiger partial charge in [0.15, 0.2) is 0 Å². The van der Waals surface area contributed by atoms with E-state index < -0.39 is 16.1 Å². The average Bonchev–Trinajstić information content (AvgIpc) is 2.93. The fourth-order valence-corrected chi connectivity index (χ4v) is 5.45. The van der Waals surface area contributed by atoms with Gasteiger partial charge < -0.3 is 19.3 Å². The van der Waals surface area contributed by atoms with Crippen molar-refractivity contribution in [2.75, 3.05) is 43.6 Å². The SMILES string of the molecule is CCOC(=O)N1CCN(C(=O)CN(c2ccc(Oc3ccccc3)cc2)S(=O)(=O)c2ccc(C)cc2)CC1. The lowest BCUT2D eigenvalue weighted by atomic mass is 10.2. The third kappa shape index (κ3) is 6.44. The van der Waals surface area contributed by atoms with Crippen LogP contribution in [-0.2, 0) is 19.6 Å². The number of carbonyl (C=O) groups is 2. The number of hydrogen-bond donors (Lipinski definition) is 0. The first-order valence-electron chi connectivity index (χ1n) is 12.4. The van der Waals surface area contributed by atoms with Crippen molar-refractivity contribution in [1.82, 2.24) is 9.80 Å². The number of para-hydroxylation sites is 1. The molecule has 0 atom stereocenters. The lowest BCUT2D eigenvalue weighted by Crippen LogP contribution is -2.53. The molecule has 0 radical (unpaired) electrons. The smallest absolute Gasteiger partial charge is 0.409 e. The molecule has 9 nitrogen and oxygen atoms in total. The van der Waals surface area contributed by atoms with E-state index >= 15 is 0 Å². The molecule has 0 unspecified atom stereocenters. The highest BCUT2D eigenvalue weighted by atomic mass is 32.2. The molecule has 200 valence electrons. The lowest BCUT2D eigenvalue weighted by molar-refractivity contribution is -0.131. The summed E-state index contributed by atoms with van der Waals surface area (Å²) in [6, 6.07) is 22.3. The monoisotopic (exact) mass is 537 g/mol. The number of benzene rings is 3. The van der Waals surface area contributed by atoms with E-state index in [-0.39, 0.29) is 24.0 Å². The Morgan fingerprint density at radius 1 is 0.816 bits per heavy atom. The van der Waals surface area contributed by atoms with Crippen molar-refractivity contribution >= 4 is 27.7 Å². The van der Waals surface area contributed by atoms with Crippen molar-refractivity contribution in [3.63, 3.8) is 0 Å². The molecule has 4 rings (SSSR count). The van der Waals surface area contributed by atoms with E-state index in [1.54, 1.807) is 53.1 Å². The summed E-state index contributed by atoms with van der Waals surface area (Å²) in [5.41, 5.74) is 1.26. The number of anilines is 1. The zero-order valence-corrected chi connectivity index (χ0v) is 22.3. The minimum Gasteiger partial charge on any atom is -0.457 e. The molecular weight excluding hydrogens is 506 g/mol. The van der Waals surface area contributed by atoms with Gasteiger partial charge in [-0.3, -0.25) is 9.10 Å². The number of aryl methyl sites for hydroxylation is 1. The van der Waals surface area contributed by atoms with E-state index in [4.69, 9.17) is 9.47 Å². The van der Waals surface area contributed by atoms with E-state index in [2.05, 4.69) is 0 Å². The number of carbonyl (C=O) groups excluding carboxylic acids is 2. The molecule has 0 spiro atoms. The number of ether oxygens (including phenoxy) is 2. The van der Waals surface area contributed by atoms with Crippen LogP contribution in [0, 0.1) is 6.92 Å². The van der Waals surface area contributed by atoms with Gasteiger partial charge in [0.25, 0.3) is 10.0 Å². The van der Waals surface area contributed by atoms with Crippen molar-refractivity contribution in [2.24, 2.45) is 0 Å². The van der Waals surface area contributed by atoms with Gasteiger partial charge in [0, 0.05) is 26.2 Å². The number of rotatable bonds is 8. The first-order chi connectivity index (χ1) is 18.3. The largest absolute Gasteiger partial charge is 0.457 e. The van der Waals surface area contributed by atoms with Crippen LogP contribution in [0.15, 0.2) is 83.8 Å². The Morgan fingerprint density at radius 2 is 1.39 bits per heavy atom.